The number of furan rings is 1. The topological polar surface area (TPSA) is 103 Å². The number of hydrogen-bond acceptors (Lipinski definition) is 6. The van der Waals surface area contributed by atoms with Crippen molar-refractivity contribution < 1.29 is 27.2 Å². The number of hydrogen-bond donors (Lipinski definition) is 1. The molecule has 0 spiro atoms. The van der Waals surface area contributed by atoms with E-state index in [2.05, 4.69) is 5.32 Å². The molecule has 1 aliphatic heterocycles. The third-order valence-corrected chi connectivity index (χ3v) is 7.48. The Morgan fingerprint density at radius 3 is 2.43 bits per heavy atom. The van der Waals surface area contributed by atoms with Gasteiger partial charge >= 0.3 is 0 Å². The number of Topliss-reactive ketones (excluding diaryl/α,β-unsaturated/α-hetero) is 1. The van der Waals surface area contributed by atoms with E-state index in [1.54, 1.807) is 19.1 Å². The predicted molar refractivity (Wildman–Crippen MR) is 126 cm³/mol. The average molecular weight is 482 g/mol. The molecule has 7 nitrogen and oxygen atoms in total. The van der Waals surface area contributed by atoms with E-state index in [4.69, 9.17) is 9.15 Å². The second-order valence-corrected chi connectivity index (χ2v) is 9.77. The van der Waals surface area contributed by atoms with Crippen molar-refractivity contribution in [3.05, 3.63) is 24.2 Å². The molecule has 10 heteroatoms. The Bertz CT molecular complexity index is 760. The van der Waals surface area contributed by atoms with Gasteiger partial charge in [0.1, 0.15) is 29.4 Å². The van der Waals surface area contributed by atoms with Gasteiger partial charge in [0.05, 0.1) is 12.4 Å². The summed E-state index contributed by atoms with van der Waals surface area (Å²) in [7, 11) is -3.78. The quantitative estimate of drug-likeness (QED) is 0.642. The zero-order chi connectivity index (χ0) is 19.4. The highest BCUT2D eigenvalue weighted by Crippen LogP contribution is 2.30. The first kappa shape index (κ1) is 29.0. The molecule has 3 atom stereocenters. The Morgan fingerprint density at radius 2 is 1.90 bits per heavy atom. The maximum atomic E-state index is 13.0. The minimum atomic E-state index is -3.78. The Morgan fingerprint density at radius 1 is 1.23 bits per heavy atom. The van der Waals surface area contributed by atoms with Crippen LogP contribution in [0.5, 0.6) is 0 Å². The van der Waals surface area contributed by atoms with Gasteiger partial charge in [-0.1, -0.05) is 39.5 Å². The Labute approximate surface area is 193 Å². The fraction of sp³-hybridized carbons (Fsp3) is 0.700. The lowest BCUT2D eigenvalue weighted by Gasteiger charge is -2.27. The number of ketones is 1. The molecule has 174 valence electrons. The van der Waals surface area contributed by atoms with Crippen LogP contribution in [0.2, 0.25) is 0 Å². The third-order valence-electron chi connectivity index (χ3n) is 5.52. The molecule has 2 aliphatic rings. The molecule has 0 radical (unpaired) electrons. The second kappa shape index (κ2) is 12.8. The fourth-order valence-electron chi connectivity index (χ4n) is 3.94. The minimum Gasteiger partial charge on any atom is -0.468 e. The lowest BCUT2D eigenvalue weighted by Crippen LogP contribution is -2.50. The molecule has 1 N–H and O–H groups in total. The van der Waals surface area contributed by atoms with E-state index in [9.17, 15) is 18.0 Å². The van der Waals surface area contributed by atoms with Crippen LogP contribution in [0.3, 0.4) is 0 Å². The SMILES string of the molecule is C.C[C@@H]1OCC(=O)[C@@H]1NC(=O)[C@H](CC1CCCCC1)S(=O)(=O)Cc1ccco1.S.S. The van der Waals surface area contributed by atoms with Crippen LogP contribution in [-0.4, -0.2) is 44.1 Å². The van der Waals surface area contributed by atoms with Crippen molar-refractivity contribution >= 4 is 48.5 Å². The summed E-state index contributed by atoms with van der Waals surface area (Å²) in [5, 5.41) is 1.44. The van der Waals surface area contributed by atoms with Crippen LogP contribution in [0.15, 0.2) is 22.8 Å². The molecule has 3 rings (SSSR count). The number of ether oxygens (including phenoxy) is 1. The number of rotatable bonds is 7. The van der Waals surface area contributed by atoms with Crippen LogP contribution < -0.4 is 5.32 Å². The van der Waals surface area contributed by atoms with Gasteiger partial charge in [-0.05, 0) is 31.4 Å². The van der Waals surface area contributed by atoms with Crippen molar-refractivity contribution in [1.29, 1.82) is 0 Å². The van der Waals surface area contributed by atoms with Gasteiger partial charge in [-0.3, -0.25) is 9.59 Å². The normalized spacial score (nSPS) is 22.9. The lowest BCUT2D eigenvalue weighted by molar-refractivity contribution is -0.126. The summed E-state index contributed by atoms with van der Waals surface area (Å²) in [6, 6.07) is 2.42. The molecule has 1 amide bonds. The molecule has 1 aromatic rings. The Kier molecular flexibility index (Phi) is 12.4. The van der Waals surface area contributed by atoms with Crippen molar-refractivity contribution in [3.8, 4) is 0 Å². The number of carbonyl (C=O) groups is 2. The summed E-state index contributed by atoms with van der Waals surface area (Å²) in [5.41, 5.74) is 0. The van der Waals surface area contributed by atoms with E-state index in [1.807, 2.05) is 0 Å². The first-order valence-corrected chi connectivity index (χ1v) is 11.3. The van der Waals surface area contributed by atoms with Gasteiger partial charge in [0, 0.05) is 0 Å². The molecule has 1 saturated heterocycles. The maximum absolute atomic E-state index is 13.0. The summed E-state index contributed by atoms with van der Waals surface area (Å²) in [6.45, 7) is 1.64. The summed E-state index contributed by atoms with van der Waals surface area (Å²) < 4.78 is 36.4. The van der Waals surface area contributed by atoms with Crippen LogP contribution >= 0.6 is 27.0 Å². The first-order chi connectivity index (χ1) is 12.9. The highest BCUT2D eigenvalue weighted by atomic mass is 32.2. The highest BCUT2D eigenvalue weighted by molar-refractivity contribution is 7.92. The van der Waals surface area contributed by atoms with Gasteiger partial charge in [0.15, 0.2) is 15.6 Å². The predicted octanol–water partition coefficient (Wildman–Crippen LogP) is 2.87. The van der Waals surface area contributed by atoms with Gasteiger partial charge in [-0.15, -0.1) is 0 Å². The van der Waals surface area contributed by atoms with Gasteiger partial charge in [0.25, 0.3) is 0 Å². The standard InChI is InChI=1S/C19H27NO6S.CH4.2H2S/c1-13-18(16(21)11-26-13)20-19(22)17(10-14-6-3-2-4-7-14)27(23,24)12-15-8-5-9-25-15;;;/h5,8-9,13-14,17-18H,2-4,6-7,10-12H2,1H3,(H,20,22);1H4;2*1H2/t13-,17-,18+;;;/m0.../s1. The summed E-state index contributed by atoms with van der Waals surface area (Å²) in [5.74, 6) is -0.646. The van der Waals surface area contributed by atoms with Gasteiger partial charge in [-0.25, -0.2) is 8.42 Å². The third kappa shape index (κ3) is 7.32. The first-order valence-electron chi connectivity index (χ1n) is 9.55. The maximum Gasteiger partial charge on any atom is 0.239 e. The smallest absolute Gasteiger partial charge is 0.239 e. The molecular weight excluding hydrogens is 446 g/mol. The molecule has 1 aliphatic carbocycles. The molecule has 2 fully saturated rings. The molecule has 30 heavy (non-hydrogen) atoms. The van der Waals surface area contributed by atoms with Crippen LogP contribution in [0.4, 0.5) is 0 Å². The summed E-state index contributed by atoms with van der Waals surface area (Å²) >= 11 is 0. The Hall–Kier alpha value is -0.970. The summed E-state index contributed by atoms with van der Waals surface area (Å²) in [4.78, 5) is 24.8. The fourth-order valence-corrected chi connectivity index (χ4v) is 5.66. The largest absolute Gasteiger partial charge is 0.468 e. The van der Waals surface area contributed by atoms with Crippen molar-refractivity contribution in [2.75, 3.05) is 6.61 Å². The second-order valence-electron chi connectivity index (χ2n) is 7.58. The van der Waals surface area contributed by atoms with Crippen molar-refractivity contribution in [2.24, 2.45) is 5.92 Å². The van der Waals surface area contributed by atoms with E-state index in [0.29, 0.717) is 5.76 Å². The van der Waals surface area contributed by atoms with Crippen molar-refractivity contribution in [2.45, 2.75) is 76.0 Å². The molecule has 1 saturated carbocycles. The van der Waals surface area contributed by atoms with Gasteiger partial charge in [-0.2, -0.15) is 27.0 Å². The van der Waals surface area contributed by atoms with Crippen LogP contribution in [0, 0.1) is 5.92 Å². The number of nitrogens with one attached hydrogen (secondary N) is 1. The van der Waals surface area contributed by atoms with Crippen LogP contribution in [-0.2, 0) is 29.9 Å². The molecule has 1 aromatic heterocycles. The van der Waals surface area contributed by atoms with Crippen LogP contribution in [0.25, 0.3) is 0 Å². The number of sulfone groups is 1. The lowest BCUT2D eigenvalue weighted by atomic mass is 9.86. The van der Waals surface area contributed by atoms with Crippen molar-refractivity contribution in [1.82, 2.24) is 5.32 Å². The zero-order valence-corrected chi connectivity index (χ0v) is 19.4. The van der Waals surface area contributed by atoms with E-state index >= 15 is 0 Å². The number of amides is 1. The monoisotopic (exact) mass is 481 g/mol. The molecular formula is C20H35NO6S3. The van der Waals surface area contributed by atoms with Gasteiger partial charge < -0.3 is 14.5 Å². The minimum absolute atomic E-state index is 0. The highest BCUT2D eigenvalue weighted by Gasteiger charge is 2.40. The summed E-state index contributed by atoms with van der Waals surface area (Å²) in [6.07, 6.45) is 6.38. The van der Waals surface area contributed by atoms with E-state index in [0.717, 1.165) is 32.1 Å². The Balaban J connectivity index is 0.00000280. The zero-order valence-electron chi connectivity index (χ0n) is 16.6. The van der Waals surface area contributed by atoms with Crippen molar-refractivity contribution in [3.63, 3.8) is 0 Å². The van der Waals surface area contributed by atoms with E-state index in [-0.39, 0.29) is 64.9 Å². The van der Waals surface area contributed by atoms with E-state index in [1.165, 1.54) is 6.26 Å². The van der Waals surface area contributed by atoms with E-state index < -0.39 is 33.1 Å². The van der Waals surface area contributed by atoms with Gasteiger partial charge in [0.2, 0.25) is 5.91 Å². The number of carbonyl (C=O) groups excluding carboxylic acids is 2. The molecule has 0 unspecified atom stereocenters. The average Bonchev–Trinajstić information content (AvgIpc) is 3.25. The molecule has 0 bridgehead atoms. The van der Waals surface area contributed by atoms with Crippen LogP contribution in [0.1, 0.15) is 58.6 Å². The molecule has 0 aromatic carbocycles. The molecule has 2 heterocycles.